The number of rotatable bonds is 6. The molecule has 0 bridgehead atoms. The van der Waals surface area contributed by atoms with E-state index in [9.17, 15) is 4.79 Å². The van der Waals surface area contributed by atoms with Crippen LogP contribution in [0.4, 0.5) is 0 Å². The smallest absolute Gasteiger partial charge is 0.250 e. The Balaban J connectivity index is 1.48. The van der Waals surface area contributed by atoms with Gasteiger partial charge in [-0.05, 0) is 42.8 Å². The third kappa shape index (κ3) is 4.56. The summed E-state index contributed by atoms with van der Waals surface area (Å²) in [5.74, 6) is 0.857. The second-order valence-corrected chi connectivity index (χ2v) is 7.19. The normalized spacial score (nSPS) is 12.1. The maximum Gasteiger partial charge on any atom is 0.250 e. The SMILES string of the molecule is CC(/C=N\NC(=O)CSc1nc2ccccc2s1)=C\c1ccco1. The molecule has 0 aliphatic carbocycles. The summed E-state index contributed by atoms with van der Waals surface area (Å²) in [7, 11) is 0. The number of amides is 1. The molecule has 0 radical (unpaired) electrons. The van der Waals surface area contributed by atoms with Gasteiger partial charge < -0.3 is 4.42 Å². The highest BCUT2D eigenvalue weighted by molar-refractivity contribution is 8.01. The van der Waals surface area contributed by atoms with Crippen molar-refractivity contribution in [3.8, 4) is 0 Å². The molecule has 3 aromatic rings. The minimum atomic E-state index is -0.165. The van der Waals surface area contributed by atoms with Crippen LogP contribution in [-0.2, 0) is 4.79 Å². The van der Waals surface area contributed by atoms with Gasteiger partial charge in [0.2, 0.25) is 0 Å². The van der Waals surface area contributed by atoms with E-state index >= 15 is 0 Å². The number of thiazole rings is 1. The van der Waals surface area contributed by atoms with Crippen molar-refractivity contribution in [3.63, 3.8) is 0 Å². The van der Waals surface area contributed by atoms with Crippen LogP contribution in [-0.4, -0.2) is 22.9 Å². The lowest BCUT2D eigenvalue weighted by atomic mass is 10.3. The van der Waals surface area contributed by atoms with E-state index in [1.54, 1.807) is 23.8 Å². The molecule has 0 saturated heterocycles. The zero-order valence-corrected chi connectivity index (χ0v) is 14.6. The lowest BCUT2D eigenvalue weighted by Crippen LogP contribution is -2.19. The van der Waals surface area contributed by atoms with Crippen LogP contribution in [0.25, 0.3) is 16.3 Å². The maximum absolute atomic E-state index is 11.8. The van der Waals surface area contributed by atoms with Crippen molar-refractivity contribution < 1.29 is 9.21 Å². The van der Waals surface area contributed by atoms with Crippen molar-refractivity contribution in [2.75, 3.05) is 5.75 Å². The largest absolute Gasteiger partial charge is 0.465 e. The summed E-state index contributed by atoms with van der Waals surface area (Å²) in [5, 5.41) is 3.94. The average molecular weight is 357 g/mol. The molecule has 0 fully saturated rings. The van der Waals surface area contributed by atoms with Crippen LogP contribution < -0.4 is 5.43 Å². The van der Waals surface area contributed by atoms with E-state index in [-0.39, 0.29) is 11.7 Å². The molecule has 1 N–H and O–H groups in total. The van der Waals surface area contributed by atoms with Crippen LogP contribution in [0.2, 0.25) is 0 Å². The number of carbonyl (C=O) groups excluding carboxylic acids is 1. The first-order chi connectivity index (χ1) is 11.7. The van der Waals surface area contributed by atoms with Crippen molar-refractivity contribution in [1.29, 1.82) is 0 Å². The summed E-state index contributed by atoms with van der Waals surface area (Å²) in [6.45, 7) is 1.88. The molecule has 24 heavy (non-hydrogen) atoms. The van der Waals surface area contributed by atoms with E-state index < -0.39 is 0 Å². The quantitative estimate of drug-likeness (QED) is 0.408. The van der Waals surface area contributed by atoms with Gasteiger partial charge in [-0.15, -0.1) is 11.3 Å². The lowest BCUT2D eigenvalue weighted by molar-refractivity contribution is -0.118. The topological polar surface area (TPSA) is 67.5 Å². The fourth-order valence-corrected chi connectivity index (χ4v) is 3.77. The minimum absolute atomic E-state index is 0.165. The number of nitrogens with zero attached hydrogens (tertiary/aromatic N) is 2. The second-order valence-electron chi connectivity index (χ2n) is 4.93. The van der Waals surface area contributed by atoms with E-state index in [1.165, 1.54) is 11.8 Å². The Kier molecular flexibility index (Phi) is 5.45. The standard InChI is InChI=1S/C17H15N3O2S2/c1-12(9-13-5-4-8-22-13)10-18-20-16(21)11-23-17-19-14-6-2-3-7-15(14)24-17/h2-10H,11H2,1H3,(H,20,21)/b12-9+,18-10-. The highest BCUT2D eigenvalue weighted by Crippen LogP contribution is 2.28. The number of aromatic nitrogens is 1. The predicted octanol–water partition coefficient (Wildman–Crippen LogP) is 4.19. The lowest BCUT2D eigenvalue weighted by Gasteiger charge is -1.97. The highest BCUT2D eigenvalue weighted by atomic mass is 32.2. The Bertz CT molecular complexity index is 849. The Labute approximate surface area is 147 Å². The number of allylic oxidation sites excluding steroid dienone is 1. The van der Waals surface area contributed by atoms with Gasteiger partial charge in [0.25, 0.3) is 5.91 Å². The minimum Gasteiger partial charge on any atom is -0.465 e. The molecule has 0 unspecified atom stereocenters. The monoisotopic (exact) mass is 357 g/mol. The number of hydrogen-bond acceptors (Lipinski definition) is 6. The fraction of sp³-hybridized carbons (Fsp3) is 0.118. The van der Waals surface area contributed by atoms with E-state index in [1.807, 2.05) is 49.4 Å². The summed E-state index contributed by atoms with van der Waals surface area (Å²) in [6.07, 6.45) is 5.03. The van der Waals surface area contributed by atoms with Crippen molar-refractivity contribution in [1.82, 2.24) is 10.4 Å². The molecule has 122 valence electrons. The zero-order valence-electron chi connectivity index (χ0n) is 12.9. The Morgan fingerprint density at radius 3 is 3.04 bits per heavy atom. The molecule has 0 saturated carbocycles. The molecule has 1 aromatic carbocycles. The number of para-hydroxylation sites is 1. The first-order valence-electron chi connectivity index (χ1n) is 7.23. The molecule has 2 aromatic heterocycles. The Morgan fingerprint density at radius 1 is 1.38 bits per heavy atom. The molecule has 1 amide bonds. The van der Waals surface area contributed by atoms with Gasteiger partial charge in [0.05, 0.1) is 28.4 Å². The molecule has 5 nitrogen and oxygen atoms in total. The number of carbonyl (C=O) groups is 1. The van der Waals surface area contributed by atoms with Crippen molar-refractivity contribution in [3.05, 3.63) is 54.0 Å². The van der Waals surface area contributed by atoms with E-state index in [0.29, 0.717) is 0 Å². The molecule has 7 heteroatoms. The third-order valence-electron chi connectivity index (χ3n) is 2.97. The number of fused-ring (bicyclic) bond motifs is 1. The summed E-state index contributed by atoms with van der Waals surface area (Å²) >= 11 is 2.99. The Hall–Kier alpha value is -2.38. The van der Waals surface area contributed by atoms with Gasteiger partial charge in [0.1, 0.15) is 5.76 Å². The van der Waals surface area contributed by atoms with Gasteiger partial charge in [-0.25, -0.2) is 10.4 Å². The van der Waals surface area contributed by atoms with Crippen LogP contribution in [0.5, 0.6) is 0 Å². The zero-order chi connectivity index (χ0) is 16.8. The van der Waals surface area contributed by atoms with Gasteiger partial charge in [-0.3, -0.25) is 4.79 Å². The van der Waals surface area contributed by atoms with Gasteiger partial charge in [0, 0.05) is 0 Å². The summed E-state index contributed by atoms with van der Waals surface area (Å²) in [4.78, 5) is 16.3. The van der Waals surface area contributed by atoms with E-state index in [2.05, 4.69) is 15.5 Å². The van der Waals surface area contributed by atoms with Crippen LogP contribution in [0.15, 0.2) is 62.1 Å². The molecule has 2 heterocycles. The van der Waals surface area contributed by atoms with Gasteiger partial charge in [0.15, 0.2) is 4.34 Å². The molecule has 0 aliphatic heterocycles. The number of thioether (sulfide) groups is 1. The number of benzene rings is 1. The molecule has 0 atom stereocenters. The van der Waals surface area contributed by atoms with E-state index in [4.69, 9.17) is 4.42 Å². The molecule has 0 spiro atoms. The summed E-state index contributed by atoms with van der Waals surface area (Å²) < 4.78 is 7.21. The molecule has 0 aliphatic rings. The van der Waals surface area contributed by atoms with Gasteiger partial charge in [-0.2, -0.15) is 5.10 Å². The number of nitrogens with one attached hydrogen (secondary N) is 1. The van der Waals surface area contributed by atoms with Crippen LogP contribution in [0.3, 0.4) is 0 Å². The van der Waals surface area contributed by atoms with Gasteiger partial charge in [-0.1, -0.05) is 23.9 Å². The highest BCUT2D eigenvalue weighted by Gasteiger charge is 2.06. The van der Waals surface area contributed by atoms with Crippen molar-refractivity contribution in [2.24, 2.45) is 5.10 Å². The summed E-state index contributed by atoms with van der Waals surface area (Å²) in [5.41, 5.74) is 4.35. The molecule has 3 rings (SSSR count). The first kappa shape index (κ1) is 16.5. The Morgan fingerprint density at radius 2 is 2.25 bits per heavy atom. The van der Waals surface area contributed by atoms with Crippen LogP contribution in [0.1, 0.15) is 12.7 Å². The van der Waals surface area contributed by atoms with E-state index in [0.717, 1.165) is 25.9 Å². The van der Waals surface area contributed by atoms with Gasteiger partial charge >= 0.3 is 0 Å². The molecular formula is C17H15N3O2S2. The van der Waals surface area contributed by atoms with Crippen molar-refractivity contribution >= 4 is 51.5 Å². The molecular weight excluding hydrogens is 342 g/mol. The maximum atomic E-state index is 11.8. The number of hydrazone groups is 1. The predicted molar refractivity (Wildman–Crippen MR) is 99.3 cm³/mol. The fourth-order valence-electron chi connectivity index (χ4n) is 1.91. The number of furan rings is 1. The first-order valence-corrected chi connectivity index (χ1v) is 9.03. The third-order valence-corrected chi connectivity index (χ3v) is 5.15. The number of hydrogen-bond donors (Lipinski definition) is 1. The van der Waals surface area contributed by atoms with Crippen LogP contribution in [0, 0.1) is 0 Å². The van der Waals surface area contributed by atoms with Crippen molar-refractivity contribution in [2.45, 2.75) is 11.3 Å². The summed E-state index contributed by atoms with van der Waals surface area (Å²) in [6, 6.07) is 11.6. The van der Waals surface area contributed by atoms with Crippen LogP contribution >= 0.6 is 23.1 Å². The second kappa shape index (κ2) is 7.94. The average Bonchev–Trinajstić information content (AvgIpc) is 3.21.